The molecule has 0 aromatic carbocycles. The van der Waals surface area contributed by atoms with Crippen molar-refractivity contribution in [2.24, 2.45) is 0 Å². The standard InChI is InChI=1S/C15H23N3O2S/c1-3-12-6-7-13(21-12)8-16-14(19)9-18(2)10-15(20)17-11-4-5-11/h6-7,11H,3-5,8-10H2,1-2H3,(H,16,19)(H,17,20). The molecular formula is C15H23N3O2S. The molecule has 1 heterocycles. The molecule has 6 heteroatoms. The predicted octanol–water partition coefficient (Wildman–Crippen LogP) is 1.14. The molecule has 0 radical (unpaired) electrons. The van der Waals surface area contributed by atoms with Gasteiger partial charge in [-0.05, 0) is 38.4 Å². The van der Waals surface area contributed by atoms with Crippen molar-refractivity contribution in [2.75, 3.05) is 20.1 Å². The maximum atomic E-state index is 11.8. The first-order valence-electron chi connectivity index (χ1n) is 7.39. The fraction of sp³-hybridized carbons (Fsp3) is 0.600. The molecule has 0 saturated heterocycles. The fourth-order valence-electron chi connectivity index (χ4n) is 2.00. The molecule has 2 N–H and O–H groups in total. The molecule has 0 spiro atoms. The first-order valence-corrected chi connectivity index (χ1v) is 8.20. The molecule has 116 valence electrons. The fourth-order valence-corrected chi connectivity index (χ4v) is 2.89. The van der Waals surface area contributed by atoms with E-state index < -0.39 is 0 Å². The summed E-state index contributed by atoms with van der Waals surface area (Å²) in [6, 6.07) is 4.52. The van der Waals surface area contributed by atoms with Crippen LogP contribution in [0.25, 0.3) is 0 Å². The number of hydrogen-bond acceptors (Lipinski definition) is 4. The average Bonchev–Trinajstić information content (AvgIpc) is 3.11. The molecule has 0 unspecified atom stereocenters. The molecule has 1 aliphatic carbocycles. The Balaban J connectivity index is 1.64. The van der Waals surface area contributed by atoms with Gasteiger partial charge in [0.15, 0.2) is 0 Å². The van der Waals surface area contributed by atoms with E-state index in [1.807, 2.05) is 0 Å². The smallest absolute Gasteiger partial charge is 0.234 e. The van der Waals surface area contributed by atoms with Gasteiger partial charge in [0.25, 0.3) is 0 Å². The van der Waals surface area contributed by atoms with E-state index in [0.29, 0.717) is 12.6 Å². The molecule has 1 aromatic rings. The number of aryl methyl sites for hydroxylation is 1. The van der Waals surface area contributed by atoms with Crippen LogP contribution in [0.1, 0.15) is 29.5 Å². The van der Waals surface area contributed by atoms with E-state index in [4.69, 9.17) is 0 Å². The van der Waals surface area contributed by atoms with E-state index in [2.05, 4.69) is 29.7 Å². The first kappa shape index (κ1) is 16.0. The summed E-state index contributed by atoms with van der Waals surface area (Å²) in [7, 11) is 1.78. The van der Waals surface area contributed by atoms with Gasteiger partial charge in [0.1, 0.15) is 0 Å². The minimum Gasteiger partial charge on any atom is -0.352 e. The van der Waals surface area contributed by atoms with Gasteiger partial charge < -0.3 is 10.6 Å². The molecule has 0 aliphatic heterocycles. The highest BCUT2D eigenvalue weighted by Crippen LogP contribution is 2.18. The topological polar surface area (TPSA) is 61.4 Å². The SMILES string of the molecule is CCc1ccc(CNC(=O)CN(C)CC(=O)NC2CC2)s1. The predicted molar refractivity (Wildman–Crippen MR) is 84.2 cm³/mol. The number of nitrogens with zero attached hydrogens (tertiary/aromatic N) is 1. The second-order valence-electron chi connectivity index (χ2n) is 5.51. The Morgan fingerprint density at radius 3 is 2.52 bits per heavy atom. The molecule has 1 saturated carbocycles. The number of nitrogens with one attached hydrogen (secondary N) is 2. The Kier molecular flexibility index (Phi) is 5.76. The lowest BCUT2D eigenvalue weighted by atomic mass is 10.3. The van der Waals surface area contributed by atoms with Gasteiger partial charge in [-0.1, -0.05) is 6.92 Å². The summed E-state index contributed by atoms with van der Waals surface area (Å²) in [6.45, 7) is 3.19. The maximum absolute atomic E-state index is 11.8. The Morgan fingerprint density at radius 2 is 1.90 bits per heavy atom. The number of thiophene rings is 1. The Hall–Kier alpha value is -1.40. The lowest BCUT2D eigenvalue weighted by molar-refractivity contribution is -0.124. The van der Waals surface area contributed by atoms with Crippen molar-refractivity contribution in [1.82, 2.24) is 15.5 Å². The van der Waals surface area contributed by atoms with Crippen molar-refractivity contribution in [3.8, 4) is 0 Å². The first-order chi connectivity index (χ1) is 10.1. The maximum Gasteiger partial charge on any atom is 0.234 e. The quantitative estimate of drug-likeness (QED) is 0.757. The van der Waals surface area contributed by atoms with Crippen LogP contribution < -0.4 is 10.6 Å². The average molecular weight is 309 g/mol. The van der Waals surface area contributed by atoms with Crippen LogP contribution in [0.4, 0.5) is 0 Å². The summed E-state index contributed by atoms with van der Waals surface area (Å²) in [5.41, 5.74) is 0. The van der Waals surface area contributed by atoms with E-state index >= 15 is 0 Å². The highest BCUT2D eigenvalue weighted by molar-refractivity contribution is 7.11. The summed E-state index contributed by atoms with van der Waals surface area (Å²) in [4.78, 5) is 27.7. The summed E-state index contributed by atoms with van der Waals surface area (Å²) < 4.78 is 0. The number of carbonyl (C=O) groups is 2. The number of rotatable bonds is 8. The van der Waals surface area contributed by atoms with Crippen LogP contribution in [0.3, 0.4) is 0 Å². The van der Waals surface area contributed by atoms with Crippen LogP contribution in [0.2, 0.25) is 0 Å². The second-order valence-corrected chi connectivity index (χ2v) is 6.77. The van der Waals surface area contributed by atoms with Crippen molar-refractivity contribution in [3.05, 3.63) is 21.9 Å². The normalized spacial score (nSPS) is 14.2. The lowest BCUT2D eigenvalue weighted by Gasteiger charge is -2.15. The minimum absolute atomic E-state index is 0.00126. The lowest BCUT2D eigenvalue weighted by Crippen LogP contribution is -2.41. The molecule has 1 fully saturated rings. The van der Waals surface area contributed by atoms with E-state index in [0.717, 1.165) is 24.1 Å². The zero-order valence-electron chi connectivity index (χ0n) is 12.6. The number of likely N-dealkylation sites (N-methyl/N-ethyl adjacent to an activating group) is 1. The third kappa shape index (κ3) is 5.85. The van der Waals surface area contributed by atoms with Crippen LogP contribution in [-0.4, -0.2) is 42.9 Å². The molecule has 5 nitrogen and oxygen atoms in total. The van der Waals surface area contributed by atoms with Crippen molar-refractivity contribution < 1.29 is 9.59 Å². The van der Waals surface area contributed by atoms with Gasteiger partial charge in [-0.3, -0.25) is 14.5 Å². The van der Waals surface area contributed by atoms with Gasteiger partial charge in [0, 0.05) is 15.8 Å². The van der Waals surface area contributed by atoms with Crippen LogP contribution in [0.5, 0.6) is 0 Å². The monoisotopic (exact) mass is 309 g/mol. The summed E-state index contributed by atoms with van der Waals surface area (Å²) in [5, 5.41) is 5.81. The van der Waals surface area contributed by atoms with Crippen LogP contribution >= 0.6 is 11.3 Å². The van der Waals surface area contributed by atoms with Gasteiger partial charge in [-0.2, -0.15) is 0 Å². The van der Waals surface area contributed by atoms with Crippen molar-refractivity contribution in [3.63, 3.8) is 0 Å². The van der Waals surface area contributed by atoms with Gasteiger partial charge in [-0.15, -0.1) is 11.3 Å². The zero-order chi connectivity index (χ0) is 15.2. The van der Waals surface area contributed by atoms with Crippen LogP contribution in [0.15, 0.2) is 12.1 Å². The highest BCUT2D eigenvalue weighted by Gasteiger charge is 2.23. The van der Waals surface area contributed by atoms with E-state index in [1.54, 1.807) is 23.3 Å². The van der Waals surface area contributed by atoms with Crippen molar-refractivity contribution >= 4 is 23.2 Å². The Labute approximate surface area is 129 Å². The molecule has 21 heavy (non-hydrogen) atoms. The molecule has 2 rings (SSSR count). The number of hydrogen-bond donors (Lipinski definition) is 2. The van der Waals surface area contributed by atoms with Crippen molar-refractivity contribution in [1.29, 1.82) is 0 Å². The van der Waals surface area contributed by atoms with Crippen molar-refractivity contribution in [2.45, 2.75) is 38.8 Å². The molecular weight excluding hydrogens is 286 g/mol. The third-order valence-electron chi connectivity index (χ3n) is 3.30. The Morgan fingerprint density at radius 1 is 1.24 bits per heavy atom. The van der Waals surface area contributed by atoms with Crippen LogP contribution in [-0.2, 0) is 22.6 Å². The molecule has 1 aliphatic rings. The van der Waals surface area contributed by atoms with E-state index in [-0.39, 0.29) is 24.9 Å². The number of amides is 2. The van der Waals surface area contributed by atoms with Gasteiger partial charge in [-0.25, -0.2) is 0 Å². The van der Waals surface area contributed by atoms with Gasteiger partial charge in [0.2, 0.25) is 11.8 Å². The summed E-state index contributed by atoms with van der Waals surface area (Å²) in [6.07, 6.45) is 3.18. The molecule has 2 amide bonds. The number of carbonyl (C=O) groups excluding carboxylic acids is 2. The minimum atomic E-state index is -0.0526. The summed E-state index contributed by atoms with van der Waals surface area (Å²) in [5.74, 6) is -0.0539. The van der Waals surface area contributed by atoms with Crippen LogP contribution in [0, 0.1) is 0 Å². The zero-order valence-corrected chi connectivity index (χ0v) is 13.5. The highest BCUT2D eigenvalue weighted by atomic mass is 32.1. The van der Waals surface area contributed by atoms with Gasteiger partial charge >= 0.3 is 0 Å². The van der Waals surface area contributed by atoms with Gasteiger partial charge in [0.05, 0.1) is 19.6 Å². The molecule has 0 bridgehead atoms. The third-order valence-corrected chi connectivity index (χ3v) is 4.52. The van der Waals surface area contributed by atoms with E-state index in [9.17, 15) is 9.59 Å². The Bertz CT molecular complexity index is 497. The second kappa shape index (κ2) is 7.56. The largest absolute Gasteiger partial charge is 0.352 e. The molecule has 0 atom stereocenters. The van der Waals surface area contributed by atoms with E-state index in [1.165, 1.54) is 4.88 Å². The molecule has 1 aromatic heterocycles. The summed E-state index contributed by atoms with van der Waals surface area (Å²) >= 11 is 1.73.